The van der Waals surface area contributed by atoms with Crippen LogP contribution in [-0.4, -0.2) is 28.0 Å². The monoisotopic (exact) mass is 540 g/mol. The average molecular weight is 540 g/mol. The highest BCUT2D eigenvalue weighted by molar-refractivity contribution is 14.1. The fraction of sp³-hybridized carbons (Fsp3) is 0.318. The molecular weight excluding hydrogens is 515 g/mol. The number of carbonyl (C=O) groups excluding carboxylic acids is 1. The van der Waals surface area contributed by atoms with Crippen molar-refractivity contribution < 1.29 is 17.9 Å². The Kier molecular flexibility index (Phi) is 7.90. The highest BCUT2D eigenvalue weighted by Crippen LogP contribution is 2.23. The number of hydrogen-bond donors (Lipinski definition) is 2. The van der Waals surface area contributed by atoms with E-state index in [1.165, 1.54) is 30.5 Å². The summed E-state index contributed by atoms with van der Waals surface area (Å²) < 4.78 is 33.7. The minimum absolute atomic E-state index is 0.178. The molecule has 160 valence electrons. The number of methoxy groups -OCH3 is 1. The summed E-state index contributed by atoms with van der Waals surface area (Å²) in [6, 6.07) is 11.3. The van der Waals surface area contributed by atoms with E-state index in [-0.39, 0.29) is 10.8 Å². The van der Waals surface area contributed by atoms with Gasteiger partial charge in [0.15, 0.2) is 0 Å². The number of carbonyl (C=O) groups is 1. The summed E-state index contributed by atoms with van der Waals surface area (Å²) in [6.07, 6.45) is 7.51. The molecule has 0 aliphatic heterocycles. The van der Waals surface area contributed by atoms with E-state index in [9.17, 15) is 13.2 Å². The number of benzene rings is 2. The molecule has 0 unspecified atom stereocenters. The molecule has 2 N–H and O–H groups in total. The third-order valence-electron chi connectivity index (χ3n) is 4.96. The Labute approximate surface area is 191 Å². The molecule has 0 atom stereocenters. The van der Waals surface area contributed by atoms with E-state index >= 15 is 0 Å². The highest BCUT2D eigenvalue weighted by Gasteiger charge is 2.15. The van der Waals surface area contributed by atoms with Gasteiger partial charge in [-0.1, -0.05) is 11.6 Å². The molecule has 0 spiro atoms. The van der Waals surface area contributed by atoms with Gasteiger partial charge >= 0.3 is 0 Å². The lowest BCUT2D eigenvalue weighted by atomic mass is 9.97. The molecule has 2 aromatic carbocycles. The first kappa shape index (κ1) is 22.8. The predicted octanol–water partition coefficient (Wildman–Crippen LogP) is 4.72. The molecule has 0 radical (unpaired) electrons. The molecule has 30 heavy (non-hydrogen) atoms. The van der Waals surface area contributed by atoms with Crippen LogP contribution in [0.5, 0.6) is 5.75 Å². The Bertz CT molecular complexity index is 1030. The van der Waals surface area contributed by atoms with Crippen molar-refractivity contribution in [3.8, 4) is 5.75 Å². The van der Waals surface area contributed by atoms with Crippen molar-refractivity contribution in [2.45, 2.75) is 37.0 Å². The Balaban J connectivity index is 1.58. The maximum absolute atomic E-state index is 12.5. The molecule has 0 saturated heterocycles. The summed E-state index contributed by atoms with van der Waals surface area (Å²) in [5.41, 5.74) is 2.35. The van der Waals surface area contributed by atoms with E-state index in [0.29, 0.717) is 23.5 Å². The van der Waals surface area contributed by atoms with Crippen molar-refractivity contribution in [3.63, 3.8) is 0 Å². The third kappa shape index (κ3) is 6.05. The Hall–Kier alpha value is -1.91. The fourth-order valence-electron chi connectivity index (χ4n) is 3.29. The van der Waals surface area contributed by atoms with Gasteiger partial charge in [0.05, 0.1) is 15.6 Å². The second-order valence-electron chi connectivity index (χ2n) is 7.08. The van der Waals surface area contributed by atoms with E-state index in [4.69, 9.17) is 4.74 Å². The van der Waals surface area contributed by atoms with E-state index < -0.39 is 10.0 Å². The van der Waals surface area contributed by atoms with Gasteiger partial charge in [-0.05, 0) is 97.2 Å². The minimum Gasteiger partial charge on any atom is -0.496 e. The van der Waals surface area contributed by atoms with Crippen LogP contribution < -0.4 is 14.8 Å². The number of allylic oxidation sites excluding steroid dienone is 1. The molecule has 0 heterocycles. The molecule has 1 aliphatic rings. The fourth-order valence-corrected chi connectivity index (χ4v) is 5.06. The van der Waals surface area contributed by atoms with Crippen LogP contribution in [0.15, 0.2) is 59.0 Å². The first-order chi connectivity index (χ1) is 14.4. The zero-order chi connectivity index (χ0) is 21.6. The van der Waals surface area contributed by atoms with Gasteiger partial charge in [0.1, 0.15) is 5.75 Å². The molecule has 0 saturated carbocycles. The standard InChI is InChI=1S/C22H25IN2O4S/c1-29-21-12-7-17(15-20(21)23)22(26)25-18-8-10-19(11-9-18)30(27,28)24-14-13-16-5-3-2-4-6-16/h5,7-12,15,24H,2-4,6,13-14H2,1H3,(H,25,26). The summed E-state index contributed by atoms with van der Waals surface area (Å²) in [4.78, 5) is 12.6. The topological polar surface area (TPSA) is 84.5 Å². The Morgan fingerprint density at radius 2 is 1.90 bits per heavy atom. The van der Waals surface area contributed by atoms with Gasteiger partial charge in [0.2, 0.25) is 10.0 Å². The smallest absolute Gasteiger partial charge is 0.255 e. The van der Waals surface area contributed by atoms with E-state index in [2.05, 4.69) is 38.7 Å². The summed E-state index contributed by atoms with van der Waals surface area (Å²) in [6.45, 7) is 0.392. The van der Waals surface area contributed by atoms with Gasteiger partial charge in [-0.25, -0.2) is 13.1 Å². The quantitative estimate of drug-likeness (QED) is 0.375. The normalized spacial score (nSPS) is 14.1. The number of halogens is 1. The Morgan fingerprint density at radius 3 is 2.53 bits per heavy atom. The third-order valence-corrected chi connectivity index (χ3v) is 7.28. The number of anilines is 1. The van der Waals surface area contributed by atoms with E-state index in [1.54, 1.807) is 37.4 Å². The van der Waals surface area contributed by atoms with Gasteiger partial charge < -0.3 is 10.1 Å². The molecule has 0 bridgehead atoms. The van der Waals surface area contributed by atoms with Crippen molar-refractivity contribution in [2.24, 2.45) is 0 Å². The molecule has 1 aliphatic carbocycles. The van der Waals surface area contributed by atoms with Crippen LogP contribution >= 0.6 is 22.6 Å². The van der Waals surface area contributed by atoms with Crippen LogP contribution in [0, 0.1) is 3.57 Å². The van der Waals surface area contributed by atoms with Crippen LogP contribution in [0.25, 0.3) is 0 Å². The minimum atomic E-state index is -3.58. The highest BCUT2D eigenvalue weighted by atomic mass is 127. The lowest BCUT2D eigenvalue weighted by Gasteiger charge is -2.13. The number of hydrogen-bond acceptors (Lipinski definition) is 4. The molecule has 0 fully saturated rings. The number of rotatable bonds is 8. The molecule has 3 rings (SSSR count). The van der Waals surface area contributed by atoms with Gasteiger partial charge in [0.25, 0.3) is 5.91 Å². The average Bonchev–Trinajstić information content (AvgIpc) is 2.74. The van der Waals surface area contributed by atoms with Crippen molar-refractivity contribution in [2.75, 3.05) is 19.0 Å². The molecule has 2 aromatic rings. The molecule has 6 nitrogen and oxygen atoms in total. The van der Waals surface area contributed by atoms with Gasteiger partial charge in [-0.2, -0.15) is 0 Å². The maximum Gasteiger partial charge on any atom is 0.255 e. The number of amides is 1. The molecule has 1 amide bonds. The Morgan fingerprint density at radius 1 is 1.13 bits per heavy atom. The summed E-state index contributed by atoms with van der Waals surface area (Å²) in [5.74, 6) is 0.430. The largest absolute Gasteiger partial charge is 0.496 e. The van der Waals surface area contributed by atoms with Gasteiger partial charge in [-0.15, -0.1) is 0 Å². The van der Waals surface area contributed by atoms with Crippen LogP contribution in [0.3, 0.4) is 0 Å². The first-order valence-electron chi connectivity index (χ1n) is 9.81. The van der Waals surface area contributed by atoms with Crippen LogP contribution in [-0.2, 0) is 10.0 Å². The van der Waals surface area contributed by atoms with Crippen LogP contribution in [0.1, 0.15) is 42.5 Å². The van der Waals surface area contributed by atoms with Gasteiger partial charge in [0, 0.05) is 17.8 Å². The maximum atomic E-state index is 12.5. The van der Waals surface area contributed by atoms with Gasteiger partial charge in [-0.3, -0.25) is 4.79 Å². The number of ether oxygens (including phenoxy) is 1. The predicted molar refractivity (Wildman–Crippen MR) is 126 cm³/mol. The molecule has 8 heteroatoms. The SMILES string of the molecule is COc1ccc(C(=O)Nc2ccc(S(=O)(=O)NCCC3=CCCCC3)cc2)cc1I. The summed E-state index contributed by atoms with van der Waals surface area (Å²) in [7, 11) is -2.00. The van der Waals surface area contributed by atoms with Crippen molar-refractivity contribution in [1.29, 1.82) is 0 Å². The van der Waals surface area contributed by atoms with Crippen molar-refractivity contribution in [3.05, 3.63) is 63.2 Å². The van der Waals surface area contributed by atoms with E-state index in [1.807, 2.05) is 0 Å². The summed E-state index contributed by atoms with van der Waals surface area (Å²) in [5, 5.41) is 2.78. The zero-order valence-corrected chi connectivity index (χ0v) is 19.8. The second-order valence-corrected chi connectivity index (χ2v) is 10.0. The van der Waals surface area contributed by atoms with Crippen molar-refractivity contribution >= 4 is 44.2 Å². The lowest BCUT2D eigenvalue weighted by Crippen LogP contribution is -2.25. The second kappa shape index (κ2) is 10.4. The van der Waals surface area contributed by atoms with Crippen molar-refractivity contribution in [1.82, 2.24) is 4.72 Å². The molecular formula is C22H25IN2O4S. The van der Waals surface area contributed by atoms with Crippen LogP contribution in [0.4, 0.5) is 5.69 Å². The lowest BCUT2D eigenvalue weighted by molar-refractivity contribution is 0.102. The molecule has 0 aromatic heterocycles. The summed E-state index contributed by atoms with van der Waals surface area (Å²) >= 11 is 2.11. The zero-order valence-electron chi connectivity index (χ0n) is 16.8. The van der Waals surface area contributed by atoms with Crippen LogP contribution in [0.2, 0.25) is 0 Å². The number of nitrogens with one attached hydrogen (secondary N) is 2. The first-order valence-corrected chi connectivity index (χ1v) is 12.4. The van der Waals surface area contributed by atoms with E-state index in [0.717, 1.165) is 22.8 Å². The number of sulfonamides is 1.